The maximum atomic E-state index is 12.7. The summed E-state index contributed by atoms with van der Waals surface area (Å²) in [6.07, 6.45) is 1.76. The van der Waals surface area contributed by atoms with Crippen LogP contribution in [-0.4, -0.2) is 22.0 Å². The summed E-state index contributed by atoms with van der Waals surface area (Å²) in [6, 6.07) is 21.2. The summed E-state index contributed by atoms with van der Waals surface area (Å²) in [4.78, 5) is 28.6. The van der Waals surface area contributed by atoms with E-state index in [2.05, 4.69) is 10.3 Å². The van der Waals surface area contributed by atoms with Crippen LogP contribution in [0.15, 0.2) is 79.0 Å². The standard InChI is InChI=1S/C23H15ClN2O3/c24-18-8-9-21(19(12-18)23(28)29)26-22(27)16-6-3-5-14(10-16)17-11-15-4-1-2-7-20(15)25-13-17/h1-13H,(H,26,27)(H,28,29). The van der Waals surface area contributed by atoms with Gasteiger partial charge in [0.05, 0.1) is 16.8 Å². The van der Waals surface area contributed by atoms with E-state index < -0.39 is 11.9 Å². The Labute approximate surface area is 171 Å². The van der Waals surface area contributed by atoms with Gasteiger partial charge in [0.25, 0.3) is 5.91 Å². The predicted molar refractivity (Wildman–Crippen MR) is 114 cm³/mol. The number of hydrogen-bond donors (Lipinski definition) is 2. The van der Waals surface area contributed by atoms with Crippen molar-refractivity contribution in [1.29, 1.82) is 0 Å². The number of nitrogens with zero attached hydrogens (tertiary/aromatic N) is 1. The van der Waals surface area contributed by atoms with Crippen LogP contribution >= 0.6 is 11.6 Å². The third kappa shape index (κ3) is 3.95. The summed E-state index contributed by atoms with van der Waals surface area (Å²) in [5.74, 6) is -1.58. The van der Waals surface area contributed by atoms with Gasteiger partial charge in [-0.2, -0.15) is 0 Å². The van der Waals surface area contributed by atoms with Crippen LogP contribution in [0.4, 0.5) is 5.69 Å². The number of benzene rings is 3. The first-order valence-electron chi connectivity index (χ1n) is 8.81. The Morgan fingerprint density at radius 1 is 0.897 bits per heavy atom. The minimum absolute atomic E-state index is 0.0688. The van der Waals surface area contributed by atoms with Crippen molar-refractivity contribution in [1.82, 2.24) is 4.98 Å². The molecule has 0 spiro atoms. The smallest absolute Gasteiger partial charge is 0.337 e. The maximum Gasteiger partial charge on any atom is 0.337 e. The van der Waals surface area contributed by atoms with Crippen molar-refractivity contribution in [2.24, 2.45) is 0 Å². The van der Waals surface area contributed by atoms with Crippen molar-refractivity contribution in [2.75, 3.05) is 5.32 Å². The highest BCUT2D eigenvalue weighted by molar-refractivity contribution is 6.31. The van der Waals surface area contributed by atoms with Crippen molar-refractivity contribution >= 4 is 40.1 Å². The van der Waals surface area contributed by atoms with Crippen LogP contribution in [0.25, 0.3) is 22.0 Å². The van der Waals surface area contributed by atoms with Gasteiger partial charge in [0, 0.05) is 27.7 Å². The van der Waals surface area contributed by atoms with E-state index in [1.165, 1.54) is 18.2 Å². The zero-order valence-corrected chi connectivity index (χ0v) is 15.9. The first-order chi connectivity index (χ1) is 14.0. The van der Waals surface area contributed by atoms with Gasteiger partial charge in [-0.3, -0.25) is 9.78 Å². The van der Waals surface area contributed by atoms with Crippen molar-refractivity contribution in [3.8, 4) is 11.1 Å². The fraction of sp³-hybridized carbons (Fsp3) is 0. The van der Waals surface area contributed by atoms with E-state index in [0.717, 1.165) is 22.0 Å². The molecule has 5 nitrogen and oxygen atoms in total. The molecule has 0 aliphatic rings. The number of nitrogens with one attached hydrogen (secondary N) is 1. The molecule has 0 bridgehead atoms. The molecule has 29 heavy (non-hydrogen) atoms. The van der Waals surface area contributed by atoms with Gasteiger partial charge in [-0.05, 0) is 48.0 Å². The lowest BCUT2D eigenvalue weighted by atomic mass is 10.0. The normalized spacial score (nSPS) is 10.7. The van der Waals surface area contributed by atoms with Crippen molar-refractivity contribution in [2.45, 2.75) is 0 Å². The summed E-state index contributed by atoms with van der Waals surface area (Å²) >= 11 is 5.86. The Balaban J connectivity index is 1.65. The van der Waals surface area contributed by atoms with Crippen LogP contribution in [-0.2, 0) is 0 Å². The zero-order valence-electron chi connectivity index (χ0n) is 15.1. The molecule has 0 saturated carbocycles. The Kier molecular flexibility index (Phi) is 4.97. The summed E-state index contributed by atoms with van der Waals surface area (Å²) in [5, 5.41) is 13.3. The lowest BCUT2D eigenvalue weighted by Crippen LogP contribution is -2.14. The van der Waals surface area contributed by atoms with Crippen molar-refractivity contribution in [3.63, 3.8) is 0 Å². The molecule has 142 valence electrons. The number of pyridine rings is 1. The molecule has 0 atom stereocenters. The molecule has 4 rings (SSSR count). The number of carbonyl (C=O) groups excluding carboxylic acids is 1. The van der Waals surface area contributed by atoms with Gasteiger partial charge in [0.2, 0.25) is 0 Å². The summed E-state index contributed by atoms with van der Waals surface area (Å²) < 4.78 is 0. The number of para-hydroxylation sites is 1. The molecule has 4 aromatic rings. The van der Waals surface area contributed by atoms with E-state index in [-0.39, 0.29) is 16.3 Å². The molecule has 0 unspecified atom stereocenters. The van der Waals surface area contributed by atoms with Gasteiger partial charge >= 0.3 is 5.97 Å². The van der Waals surface area contributed by atoms with Crippen LogP contribution in [0, 0.1) is 0 Å². The first kappa shape index (κ1) is 18.7. The average Bonchev–Trinajstić information content (AvgIpc) is 2.74. The number of fused-ring (bicyclic) bond motifs is 1. The van der Waals surface area contributed by atoms with E-state index in [4.69, 9.17) is 11.6 Å². The molecule has 0 saturated heterocycles. The highest BCUT2D eigenvalue weighted by Crippen LogP contribution is 2.25. The fourth-order valence-corrected chi connectivity index (χ4v) is 3.24. The lowest BCUT2D eigenvalue weighted by Gasteiger charge is -2.10. The number of hydrogen-bond acceptors (Lipinski definition) is 3. The quantitative estimate of drug-likeness (QED) is 0.472. The molecule has 0 aliphatic heterocycles. The topological polar surface area (TPSA) is 79.3 Å². The van der Waals surface area contributed by atoms with Crippen molar-refractivity contribution in [3.05, 3.63) is 95.1 Å². The molecule has 0 radical (unpaired) electrons. The number of aromatic nitrogens is 1. The monoisotopic (exact) mass is 402 g/mol. The SMILES string of the molecule is O=C(Nc1ccc(Cl)cc1C(=O)O)c1cccc(-c2cnc3ccccc3c2)c1. The number of anilines is 1. The summed E-state index contributed by atoms with van der Waals surface area (Å²) in [6.45, 7) is 0. The second-order valence-corrected chi connectivity index (χ2v) is 6.88. The lowest BCUT2D eigenvalue weighted by molar-refractivity contribution is 0.0698. The van der Waals surface area contributed by atoms with Gasteiger partial charge in [-0.25, -0.2) is 4.79 Å². The van der Waals surface area contributed by atoms with Crippen LogP contribution in [0.3, 0.4) is 0 Å². The Hall–Kier alpha value is -3.70. The van der Waals surface area contributed by atoms with Gasteiger partial charge in [0.1, 0.15) is 0 Å². The maximum absolute atomic E-state index is 12.7. The number of amides is 1. The second kappa shape index (κ2) is 7.73. The molecule has 0 fully saturated rings. The molecule has 3 aromatic carbocycles. The third-order valence-electron chi connectivity index (χ3n) is 4.51. The molecule has 0 aliphatic carbocycles. The predicted octanol–water partition coefficient (Wildman–Crippen LogP) is 5.51. The Bertz CT molecular complexity index is 1250. The fourth-order valence-electron chi connectivity index (χ4n) is 3.07. The first-order valence-corrected chi connectivity index (χ1v) is 9.18. The molecule has 6 heteroatoms. The zero-order chi connectivity index (χ0) is 20.4. The highest BCUT2D eigenvalue weighted by atomic mass is 35.5. The molecule has 1 amide bonds. The third-order valence-corrected chi connectivity index (χ3v) is 4.74. The minimum Gasteiger partial charge on any atom is -0.478 e. The van der Waals surface area contributed by atoms with Gasteiger partial charge in [0.15, 0.2) is 0 Å². The van der Waals surface area contributed by atoms with Crippen LogP contribution in [0.2, 0.25) is 5.02 Å². The number of carbonyl (C=O) groups is 2. The Morgan fingerprint density at radius 3 is 2.55 bits per heavy atom. The van der Waals surface area contributed by atoms with Gasteiger partial charge in [-0.1, -0.05) is 41.9 Å². The van der Waals surface area contributed by atoms with Crippen LogP contribution < -0.4 is 5.32 Å². The molecule has 1 heterocycles. The van der Waals surface area contributed by atoms with Crippen LogP contribution in [0.1, 0.15) is 20.7 Å². The molecule has 2 N–H and O–H groups in total. The van der Waals surface area contributed by atoms with Crippen LogP contribution in [0.5, 0.6) is 0 Å². The number of rotatable bonds is 4. The number of carboxylic acid groups (broad SMARTS) is 1. The molecular weight excluding hydrogens is 388 g/mol. The Morgan fingerprint density at radius 2 is 1.72 bits per heavy atom. The minimum atomic E-state index is -1.17. The van der Waals surface area contributed by atoms with E-state index >= 15 is 0 Å². The van der Waals surface area contributed by atoms with Gasteiger partial charge in [-0.15, -0.1) is 0 Å². The number of aromatic carboxylic acids is 1. The van der Waals surface area contributed by atoms with E-state index in [1.807, 2.05) is 36.4 Å². The van der Waals surface area contributed by atoms with Gasteiger partial charge < -0.3 is 10.4 Å². The molecule has 1 aromatic heterocycles. The van der Waals surface area contributed by atoms with E-state index in [0.29, 0.717) is 5.56 Å². The van der Waals surface area contributed by atoms with Crippen molar-refractivity contribution < 1.29 is 14.7 Å². The van der Waals surface area contributed by atoms with E-state index in [1.54, 1.807) is 24.4 Å². The summed E-state index contributed by atoms with van der Waals surface area (Å²) in [7, 11) is 0. The highest BCUT2D eigenvalue weighted by Gasteiger charge is 2.15. The second-order valence-electron chi connectivity index (χ2n) is 6.45. The van der Waals surface area contributed by atoms with E-state index in [9.17, 15) is 14.7 Å². The molecular formula is C23H15ClN2O3. The number of halogens is 1. The average molecular weight is 403 g/mol. The number of carboxylic acids is 1. The summed E-state index contributed by atoms with van der Waals surface area (Å²) in [5.41, 5.74) is 3.14. The largest absolute Gasteiger partial charge is 0.478 e.